The van der Waals surface area contributed by atoms with Gasteiger partial charge in [0.1, 0.15) is 0 Å². The fourth-order valence-electron chi connectivity index (χ4n) is 3.67. The molecule has 1 aliphatic carbocycles. The Labute approximate surface area is 155 Å². The van der Waals surface area contributed by atoms with Crippen molar-refractivity contribution in [2.45, 2.75) is 85.5 Å². The molecule has 3 rings (SSSR count). The van der Waals surface area contributed by atoms with E-state index in [1.165, 1.54) is 33.4 Å². The number of rotatable bonds is 0. The van der Waals surface area contributed by atoms with E-state index in [1.807, 2.05) is 13.8 Å². The molecule has 0 bridgehead atoms. The molecule has 0 unspecified atom stereocenters. The van der Waals surface area contributed by atoms with Crippen molar-refractivity contribution in [1.29, 1.82) is 0 Å². The molecule has 0 saturated heterocycles. The molecular weight excluding hydrogens is 300 g/mol. The Morgan fingerprint density at radius 1 is 0.600 bits per heavy atom. The first-order chi connectivity index (χ1) is 11.4. The summed E-state index contributed by atoms with van der Waals surface area (Å²) < 4.78 is 0. The summed E-state index contributed by atoms with van der Waals surface area (Å²) in [4.78, 5) is 0. The molecule has 1 aliphatic rings. The molecule has 0 atom stereocenters. The van der Waals surface area contributed by atoms with Crippen LogP contribution in [0.25, 0.3) is 11.1 Å². The molecule has 2 aromatic rings. The normalized spacial score (nSPS) is 15.1. The van der Waals surface area contributed by atoms with E-state index in [-0.39, 0.29) is 16.2 Å². The van der Waals surface area contributed by atoms with Crippen LogP contribution >= 0.6 is 0 Å². The lowest BCUT2D eigenvalue weighted by molar-refractivity contribution is 0.580. The van der Waals surface area contributed by atoms with E-state index in [4.69, 9.17) is 0 Å². The topological polar surface area (TPSA) is 0 Å². The highest BCUT2D eigenvalue weighted by atomic mass is 14.4. The standard InChI is InChI=1S/C23H30.C2H6/c1-21(2,3)15-9-11-17-18-12-10-16(22(4,5)6)14-20(18)23(7,8)19(17)13-15;1-2/h9-14H,1-8H3;1-2H3. The molecule has 0 amide bonds. The zero-order valence-electron chi connectivity index (χ0n) is 18.0. The van der Waals surface area contributed by atoms with Crippen LogP contribution in [0.5, 0.6) is 0 Å². The second kappa shape index (κ2) is 6.31. The molecule has 0 heteroatoms. The van der Waals surface area contributed by atoms with Gasteiger partial charge in [0.25, 0.3) is 0 Å². The summed E-state index contributed by atoms with van der Waals surface area (Å²) in [6.45, 7) is 22.5. The summed E-state index contributed by atoms with van der Waals surface area (Å²) in [6, 6.07) is 14.2. The Hall–Kier alpha value is -1.56. The molecule has 25 heavy (non-hydrogen) atoms. The van der Waals surface area contributed by atoms with Crippen LogP contribution in [0.3, 0.4) is 0 Å². The third-order valence-electron chi connectivity index (χ3n) is 5.41. The first kappa shape index (κ1) is 19.8. The Morgan fingerprint density at radius 3 is 1.20 bits per heavy atom. The molecular formula is C25H36. The molecule has 0 radical (unpaired) electrons. The van der Waals surface area contributed by atoms with Gasteiger partial charge in [-0.15, -0.1) is 0 Å². The highest BCUT2D eigenvalue weighted by molar-refractivity contribution is 5.81. The molecule has 0 aromatic heterocycles. The van der Waals surface area contributed by atoms with Crippen LogP contribution in [-0.4, -0.2) is 0 Å². The average molecular weight is 337 g/mol. The van der Waals surface area contributed by atoms with Crippen LogP contribution in [0.1, 0.15) is 91.5 Å². The van der Waals surface area contributed by atoms with Crippen LogP contribution in [-0.2, 0) is 16.2 Å². The quantitative estimate of drug-likeness (QED) is 0.464. The van der Waals surface area contributed by atoms with E-state index in [0.717, 1.165) is 0 Å². The van der Waals surface area contributed by atoms with Crippen LogP contribution in [0.2, 0.25) is 0 Å². The summed E-state index contributed by atoms with van der Waals surface area (Å²) in [5, 5.41) is 0. The fourth-order valence-corrected chi connectivity index (χ4v) is 3.67. The minimum absolute atomic E-state index is 0.0766. The fraction of sp³-hybridized carbons (Fsp3) is 0.520. The van der Waals surface area contributed by atoms with Gasteiger partial charge in [-0.1, -0.05) is 106 Å². The van der Waals surface area contributed by atoms with Gasteiger partial charge in [0.05, 0.1) is 0 Å². The van der Waals surface area contributed by atoms with Crippen molar-refractivity contribution in [2.24, 2.45) is 0 Å². The van der Waals surface area contributed by atoms with E-state index in [2.05, 4.69) is 91.8 Å². The van der Waals surface area contributed by atoms with Gasteiger partial charge in [-0.25, -0.2) is 0 Å². The molecule has 0 heterocycles. The minimum Gasteiger partial charge on any atom is -0.0683 e. The maximum atomic E-state index is 2.44. The minimum atomic E-state index is 0.0766. The molecule has 0 saturated carbocycles. The monoisotopic (exact) mass is 336 g/mol. The summed E-state index contributed by atoms with van der Waals surface area (Å²) in [5.41, 5.74) is 9.09. The summed E-state index contributed by atoms with van der Waals surface area (Å²) in [5.74, 6) is 0. The van der Waals surface area contributed by atoms with Crippen molar-refractivity contribution in [3.05, 3.63) is 58.7 Å². The molecule has 0 nitrogen and oxygen atoms in total. The van der Waals surface area contributed by atoms with Gasteiger partial charge in [-0.05, 0) is 44.2 Å². The molecule has 0 spiro atoms. The number of hydrogen-bond donors (Lipinski definition) is 0. The summed E-state index contributed by atoms with van der Waals surface area (Å²) >= 11 is 0. The predicted octanol–water partition coefficient (Wildman–Crippen LogP) is 7.61. The maximum Gasteiger partial charge on any atom is 0.0159 e. The molecule has 136 valence electrons. The Balaban J connectivity index is 0.00000109. The van der Waals surface area contributed by atoms with Crippen molar-refractivity contribution in [1.82, 2.24) is 0 Å². The summed E-state index contributed by atoms with van der Waals surface area (Å²) in [6.07, 6.45) is 0. The van der Waals surface area contributed by atoms with E-state index in [0.29, 0.717) is 0 Å². The lowest BCUT2D eigenvalue weighted by Crippen LogP contribution is -2.19. The van der Waals surface area contributed by atoms with Crippen molar-refractivity contribution >= 4 is 0 Å². The van der Waals surface area contributed by atoms with Gasteiger partial charge in [0.2, 0.25) is 0 Å². The lowest BCUT2D eigenvalue weighted by atomic mass is 9.77. The maximum absolute atomic E-state index is 2.44. The molecule has 0 fully saturated rings. The van der Waals surface area contributed by atoms with E-state index in [9.17, 15) is 0 Å². The molecule has 0 aliphatic heterocycles. The second-order valence-corrected chi connectivity index (χ2v) is 9.65. The van der Waals surface area contributed by atoms with Crippen LogP contribution in [0.4, 0.5) is 0 Å². The van der Waals surface area contributed by atoms with Crippen LogP contribution in [0.15, 0.2) is 36.4 Å². The lowest BCUT2D eigenvalue weighted by Gasteiger charge is -2.26. The largest absolute Gasteiger partial charge is 0.0683 e. The zero-order chi connectivity index (χ0) is 19.2. The SMILES string of the molecule is CC.CC(C)(C)c1ccc2c(c1)C(C)(C)c1cc(C(C)(C)C)ccc1-2. The predicted molar refractivity (Wildman–Crippen MR) is 113 cm³/mol. The molecule has 0 N–H and O–H groups in total. The van der Waals surface area contributed by atoms with Gasteiger partial charge < -0.3 is 0 Å². The van der Waals surface area contributed by atoms with Gasteiger partial charge >= 0.3 is 0 Å². The van der Waals surface area contributed by atoms with Crippen molar-refractivity contribution < 1.29 is 0 Å². The van der Waals surface area contributed by atoms with Gasteiger partial charge in [0.15, 0.2) is 0 Å². The van der Waals surface area contributed by atoms with Crippen molar-refractivity contribution in [2.75, 3.05) is 0 Å². The first-order valence-corrected chi connectivity index (χ1v) is 9.73. The van der Waals surface area contributed by atoms with E-state index < -0.39 is 0 Å². The van der Waals surface area contributed by atoms with Crippen LogP contribution < -0.4 is 0 Å². The van der Waals surface area contributed by atoms with Crippen LogP contribution in [0, 0.1) is 0 Å². The summed E-state index contributed by atoms with van der Waals surface area (Å²) in [7, 11) is 0. The second-order valence-electron chi connectivity index (χ2n) is 9.65. The zero-order valence-corrected chi connectivity index (χ0v) is 18.0. The average Bonchev–Trinajstić information content (AvgIpc) is 2.75. The van der Waals surface area contributed by atoms with Gasteiger partial charge in [-0.3, -0.25) is 0 Å². The van der Waals surface area contributed by atoms with E-state index in [1.54, 1.807) is 0 Å². The third kappa shape index (κ3) is 3.41. The molecule has 2 aromatic carbocycles. The highest BCUT2D eigenvalue weighted by Crippen LogP contribution is 2.50. The number of hydrogen-bond acceptors (Lipinski definition) is 0. The van der Waals surface area contributed by atoms with E-state index >= 15 is 0 Å². The highest BCUT2D eigenvalue weighted by Gasteiger charge is 2.36. The first-order valence-electron chi connectivity index (χ1n) is 9.73. The van der Waals surface area contributed by atoms with Gasteiger partial charge in [-0.2, -0.15) is 0 Å². The Kier molecular flexibility index (Phi) is 4.99. The van der Waals surface area contributed by atoms with Crippen molar-refractivity contribution in [3.63, 3.8) is 0 Å². The smallest absolute Gasteiger partial charge is 0.0159 e. The Bertz CT molecular complexity index is 696. The van der Waals surface area contributed by atoms with Crippen molar-refractivity contribution in [3.8, 4) is 11.1 Å². The van der Waals surface area contributed by atoms with Gasteiger partial charge in [0, 0.05) is 5.41 Å². The number of fused-ring (bicyclic) bond motifs is 3. The Morgan fingerprint density at radius 2 is 0.920 bits per heavy atom. The number of benzene rings is 2. The third-order valence-corrected chi connectivity index (χ3v) is 5.41.